The average Bonchev–Trinajstić information content (AvgIpc) is 3.03. The summed E-state index contributed by atoms with van der Waals surface area (Å²) in [5.74, 6) is 1.30. The molecule has 0 saturated carbocycles. The minimum Gasteiger partial charge on any atom is -0.374 e. The Labute approximate surface area is 136 Å². The van der Waals surface area contributed by atoms with Gasteiger partial charge in [-0.3, -0.25) is 4.90 Å². The van der Waals surface area contributed by atoms with Gasteiger partial charge >= 0.3 is 0 Å². The number of rotatable bonds is 5. The number of ether oxygens (including phenoxy) is 1. The van der Waals surface area contributed by atoms with Gasteiger partial charge in [-0.2, -0.15) is 4.98 Å². The fraction of sp³-hybridized carbons (Fsp3) is 0.529. The molecule has 1 aliphatic rings. The highest BCUT2D eigenvalue weighted by molar-refractivity contribution is 5.53. The summed E-state index contributed by atoms with van der Waals surface area (Å²) in [6.07, 6.45) is 0.231. The van der Waals surface area contributed by atoms with Crippen molar-refractivity contribution >= 4 is 0 Å². The van der Waals surface area contributed by atoms with Gasteiger partial charge in [0.2, 0.25) is 0 Å². The van der Waals surface area contributed by atoms with Crippen LogP contribution in [0.5, 0.6) is 0 Å². The van der Waals surface area contributed by atoms with E-state index in [1.807, 2.05) is 38.1 Å². The molecule has 1 aliphatic heterocycles. The molecule has 2 heterocycles. The van der Waals surface area contributed by atoms with Crippen LogP contribution in [0.25, 0.3) is 11.5 Å². The molecule has 1 N–H and O–H groups in total. The monoisotopic (exact) mass is 316 g/mol. The number of likely N-dealkylation sites (N-methyl/N-ethyl adjacent to an activating group) is 1. The summed E-state index contributed by atoms with van der Waals surface area (Å²) in [5, 5.41) is 7.52. The van der Waals surface area contributed by atoms with Crippen LogP contribution in [-0.2, 0) is 11.3 Å². The average molecular weight is 316 g/mol. The van der Waals surface area contributed by atoms with Crippen LogP contribution in [0.1, 0.15) is 31.3 Å². The second-order valence-electron chi connectivity index (χ2n) is 6.21. The van der Waals surface area contributed by atoms with Gasteiger partial charge in [-0.05, 0) is 38.6 Å². The van der Waals surface area contributed by atoms with Crippen LogP contribution in [0.15, 0.2) is 28.8 Å². The van der Waals surface area contributed by atoms with E-state index in [4.69, 9.17) is 9.26 Å². The van der Waals surface area contributed by atoms with Crippen molar-refractivity contribution in [2.45, 2.75) is 32.6 Å². The molecule has 1 unspecified atom stereocenters. The van der Waals surface area contributed by atoms with Crippen LogP contribution < -0.4 is 5.32 Å². The topological polar surface area (TPSA) is 63.4 Å². The van der Waals surface area contributed by atoms with Crippen molar-refractivity contribution in [3.63, 3.8) is 0 Å². The summed E-state index contributed by atoms with van der Waals surface area (Å²) in [5.41, 5.74) is 2.07. The summed E-state index contributed by atoms with van der Waals surface area (Å²) >= 11 is 0. The Morgan fingerprint density at radius 2 is 2.13 bits per heavy atom. The van der Waals surface area contributed by atoms with Gasteiger partial charge in [-0.15, -0.1) is 0 Å². The van der Waals surface area contributed by atoms with Crippen molar-refractivity contribution in [1.82, 2.24) is 20.4 Å². The molecule has 2 aromatic rings. The summed E-state index contributed by atoms with van der Waals surface area (Å²) in [6, 6.07) is 8.24. The lowest BCUT2D eigenvalue weighted by molar-refractivity contribution is 0.0657. The lowest BCUT2D eigenvalue weighted by Crippen LogP contribution is -2.44. The Kier molecular flexibility index (Phi) is 5.05. The van der Waals surface area contributed by atoms with Crippen LogP contribution in [0, 0.1) is 0 Å². The molecule has 1 aromatic carbocycles. The molecule has 0 spiro atoms. The Morgan fingerprint density at radius 1 is 1.35 bits per heavy atom. The SMILES string of the molecule is CC(C)OCc1ccc(-c2nc(C3CNCCN3C)no2)cc1. The molecule has 1 aromatic heterocycles. The molecule has 0 bridgehead atoms. The lowest BCUT2D eigenvalue weighted by atomic mass is 10.1. The maximum absolute atomic E-state index is 5.60. The zero-order valence-corrected chi connectivity index (χ0v) is 14.0. The quantitative estimate of drug-likeness (QED) is 0.913. The van der Waals surface area contributed by atoms with Crippen molar-refractivity contribution in [1.29, 1.82) is 0 Å². The first-order valence-corrected chi connectivity index (χ1v) is 8.09. The van der Waals surface area contributed by atoms with E-state index in [1.54, 1.807) is 0 Å². The molecule has 0 aliphatic carbocycles. The van der Waals surface area contributed by atoms with Crippen LogP contribution >= 0.6 is 0 Å². The van der Waals surface area contributed by atoms with Gasteiger partial charge in [-0.1, -0.05) is 17.3 Å². The fourth-order valence-corrected chi connectivity index (χ4v) is 2.59. The predicted molar refractivity (Wildman–Crippen MR) is 87.9 cm³/mol. The number of nitrogens with zero attached hydrogens (tertiary/aromatic N) is 3. The van der Waals surface area contributed by atoms with E-state index in [2.05, 4.69) is 27.4 Å². The van der Waals surface area contributed by atoms with Crippen molar-refractivity contribution in [2.24, 2.45) is 0 Å². The molecule has 124 valence electrons. The standard InChI is InChI=1S/C17H24N4O2/c1-12(2)22-11-13-4-6-14(7-5-13)17-19-16(20-23-17)15-10-18-8-9-21(15)3/h4-7,12,15,18H,8-11H2,1-3H3. The minimum absolute atomic E-state index is 0.167. The molecule has 1 fully saturated rings. The number of hydrogen-bond donors (Lipinski definition) is 1. The van der Waals surface area contributed by atoms with Gasteiger partial charge in [-0.25, -0.2) is 0 Å². The number of benzene rings is 1. The van der Waals surface area contributed by atoms with Gasteiger partial charge in [0.25, 0.3) is 5.89 Å². The van der Waals surface area contributed by atoms with Crippen molar-refractivity contribution in [3.8, 4) is 11.5 Å². The molecule has 23 heavy (non-hydrogen) atoms. The Morgan fingerprint density at radius 3 is 2.83 bits per heavy atom. The number of nitrogens with one attached hydrogen (secondary N) is 1. The van der Waals surface area contributed by atoms with Crippen molar-refractivity contribution in [2.75, 3.05) is 26.7 Å². The highest BCUT2D eigenvalue weighted by Gasteiger charge is 2.25. The van der Waals surface area contributed by atoms with Crippen LogP contribution in [-0.4, -0.2) is 47.8 Å². The second kappa shape index (κ2) is 7.21. The van der Waals surface area contributed by atoms with E-state index >= 15 is 0 Å². The summed E-state index contributed by atoms with van der Waals surface area (Å²) in [7, 11) is 2.09. The maximum atomic E-state index is 5.60. The van der Waals surface area contributed by atoms with Crippen LogP contribution in [0.2, 0.25) is 0 Å². The van der Waals surface area contributed by atoms with E-state index in [0.717, 1.165) is 36.6 Å². The largest absolute Gasteiger partial charge is 0.374 e. The fourth-order valence-electron chi connectivity index (χ4n) is 2.59. The highest BCUT2D eigenvalue weighted by Crippen LogP contribution is 2.23. The zero-order chi connectivity index (χ0) is 16.2. The van der Waals surface area contributed by atoms with E-state index in [-0.39, 0.29) is 12.1 Å². The van der Waals surface area contributed by atoms with Gasteiger partial charge in [0.05, 0.1) is 18.8 Å². The van der Waals surface area contributed by atoms with Crippen molar-refractivity contribution < 1.29 is 9.26 Å². The lowest BCUT2D eigenvalue weighted by Gasteiger charge is -2.30. The summed E-state index contributed by atoms with van der Waals surface area (Å²) < 4.78 is 11.0. The Bertz CT molecular complexity index is 624. The molecule has 0 amide bonds. The Balaban J connectivity index is 1.70. The molecule has 6 nitrogen and oxygen atoms in total. The number of aromatic nitrogens is 2. The molecule has 1 atom stereocenters. The van der Waals surface area contributed by atoms with Gasteiger partial charge in [0, 0.05) is 25.2 Å². The van der Waals surface area contributed by atoms with E-state index in [0.29, 0.717) is 12.5 Å². The van der Waals surface area contributed by atoms with Crippen molar-refractivity contribution in [3.05, 3.63) is 35.7 Å². The van der Waals surface area contributed by atoms with Gasteiger partial charge in [0.15, 0.2) is 5.82 Å². The minimum atomic E-state index is 0.167. The maximum Gasteiger partial charge on any atom is 0.257 e. The molecule has 6 heteroatoms. The van der Waals surface area contributed by atoms with Crippen LogP contribution in [0.3, 0.4) is 0 Å². The van der Waals surface area contributed by atoms with Gasteiger partial charge < -0.3 is 14.6 Å². The molecular weight excluding hydrogens is 292 g/mol. The number of piperazine rings is 1. The second-order valence-corrected chi connectivity index (χ2v) is 6.21. The first-order valence-electron chi connectivity index (χ1n) is 8.09. The first kappa shape index (κ1) is 16.1. The normalized spacial score (nSPS) is 19.4. The summed E-state index contributed by atoms with van der Waals surface area (Å²) in [4.78, 5) is 6.82. The van der Waals surface area contributed by atoms with Gasteiger partial charge in [0.1, 0.15) is 0 Å². The third kappa shape index (κ3) is 3.96. The van der Waals surface area contributed by atoms with E-state index in [9.17, 15) is 0 Å². The first-order chi connectivity index (χ1) is 11.1. The summed E-state index contributed by atoms with van der Waals surface area (Å²) in [6.45, 7) is 7.51. The Hall–Kier alpha value is -1.76. The number of hydrogen-bond acceptors (Lipinski definition) is 6. The highest BCUT2D eigenvalue weighted by atomic mass is 16.5. The van der Waals surface area contributed by atoms with Crippen LogP contribution in [0.4, 0.5) is 0 Å². The van der Waals surface area contributed by atoms with E-state index in [1.165, 1.54) is 0 Å². The molecule has 1 saturated heterocycles. The molecule has 0 radical (unpaired) electrons. The van der Waals surface area contributed by atoms with E-state index < -0.39 is 0 Å². The third-order valence-electron chi connectivity index (χ3n) is 4.04. The molecule has 3 rings (SSSR count). The third-order valence-corrected chi connectivity index (χ3v) is 4.04. The smallest absolute Gasteiger partial charge is 0.257 e. The zero-order valence-electron chi connectivity index (χ0n) is 14.0. The molecular formula is C17H24N4O2. The predicted octanol–water partition coefficient (Wildman–Crippen LogP) is 2.24.